The van der Waals surface area contributed by atoms with E-state index in [2.05, 4.69) is 33.9 Å². The van der Waals surface area contributed by atoms with Crippen LogP contribution in [0.5, 0.6) is 28.7 Å². The summed E-state index contributed by atoms with van der Waals surface area (Å²) in [6.07, 6.45) is -2.47. The normalized spacial score (nSPS) is 12.7. The van der Waals surface area contributed by atoms with Gasteiger partial charge in [-0.05, 0) is 58.1 Å². The monoisotopic (exact) mass is 782 g/mol. The molecule has 0 amide bonds. The molecule has 296 valence electrons. The average molecular weight is 783 g/mol. The summed E-state index contributed by atoms with van der Waals surface area (Å²) in [5.41, 5.74) is 5.16. The Labute approximate surface area is 338 Å². The van der Waals surface area contributed by atoms with Crippen LogP contribution >= 0.6 is 0 Å². The molecule has 0 aliphatic carbocycles. The Morgan fingerprint density at radius 1 is 0.491 bits per heavy atom. The van der Waals surface area contributed by atoms with E-state index in [0.29, 0.717) is 66.3 Å². The summed E-state index contributed by atoms with van der Waals surface area (Å²) < 4.78 is 32.4. The molecule has 2 atom stereocenters. The smallest absolute Gasteiger partial charge is 0.250 e. The van der Waals surface area contributed by atoms with Crippen molar-refractivity contribution >= 4 is 8.32 Å². The second kappa shape index (κ2) is 19.1. The van der Waals surface area contributed by atoms with Crippen molar-refractivity contribution < 1.29 is 33.6 Å². The Kier molecular flexibility index (Phi) is 13.7. The van der Waals surface area contributed by atoms with Gasteiger partial charge in [0.05, 0.1) is 6.10 Å². The summed E-state index contributed by atoms with van der Waals surface area (Å²) in [5.74, 6) is 2.67. The van der Waals surface area contributed by atoms with Crippen LogP contribution in [0.15, 0.2) is 152 Å². The molecule has 0 aliphatic heterocycles. The number of hydrogen-bond acceptors (Lipinski definition) is 7. The van der Waals surface area contributed by atoms with Crippen LogP contribution in [-0.4, -0.2) is 24.6 Å². The predicted molar refractivity (Wildman–Crippen MR) is 228 cm³/mol. The molecule has 0 aromatic heterocycles. The van der Waals surface area contributed by atoms with E-state index in [1.54, 1.807) is 18.2 Å². The molecule has 0 unspecified atom stereocenters. The van der Waals surface area contributed by atoms with E-state index >= 15 is 0 Å². The van der Waals surface area contributed by atoms with E-state index < -0.39 is 20.5 Å². The molecular weight excluding hydrogens is 729 g/mol. The summed E-state index contributed by atoms with van der Waals surface area (Å²) in [7, 11) is -2.41. The van der Waals surface area contributed by atoms with Crippen molar-refractivity contribution in [1.82, 2.24) is 0 Å². The lowest BCUT2D eigenvalue weighted by molar-refractivity contribution is 0.0181. The van der Waals surface area contributed by atoms with Gasteiger partial charge in [-0.2, -0.15) is 0 Å². The highest BCUT2D eigenvalue weighted by Crippen LogP contribution is 2.43. The lowest BCUT2D eigenvalue weighted by Crippen LogP contribution is -2.44. The first-order chi connectivity index (χ1) is 27.4. The standard InChI is InChI=1S/C49H54O7Si/c1-49(2,3)57(4,5)56-46-30-41(52-32-36-18-10-6-11-19-36)29-45(54-34-38-22-14-8-15-23-38)42(46)31-43(50)48(51)40-26-27-44(53-33-37-20-12-7-13-21-37)47(28-40)55-35-39-24-16-9-17-25-39/h6-30,43,48,50-51H,31-35H2,1-5H3/t43-,48-/m1/s1. The van der Waals surface area contributed by atoms with E-state index in [4.69, 9.17) is 23.4 Å². The number of ether oxygens (including phenoxy) is 4. The fourth-order valence-electron chi connectivity index (χ4n) is 5.96. The Balaban J connectivity index is 1.32. The average Bonchev–Trinajstić information content (AvgIpc) is 3.22. The van der Waals surface area contributed by atoms with Crippen LogP contribution in [0.2, 0.25) is 18.1 Å². The number of hydrogen-bond donors (Lipinski definition) is 2. The van der Waals surface area contributed by atoms with Gasteiger partial charge in [0.1, 0.15) is 49.8 Å². The van der Waals surface area contributed by atoms with Gasteiger partial charge in [-0.15, -0.1) is 0 Å². The van der Waals surface area contributed by atoms with Crippen molar-refractivity contribution in [2.75, 3.05) is 0 Å². The lowest BCUT2D eigenvalue weighted by atomic mass is 9.97. The van der Waals surface area contributed by atoms with E-state index in [1.807, 2.05) is 133 Å². The number of aliphatic hydroxyl groups excluding tert-OH is 2. The van der Waals surface area contributed by atoms with Gasteiger partial charge in [0.15, 0.2) is 11.5 Å². The highest BCUT2D eigenvalue weighted by atomic mass is 28.4. The summed E-state index contributed by atoms with van der Waals surface area (Å²) in [4.78, 5) is 0. The molecule has 0 aliphatic rings. The highest BCUT2D eigenvalue weighted by Gasteiger charge is 2.40. The largest absolute Gasteiger partial charge is 0.543 e. The predicted octanol–water partition coefficient (Wildman–Crippen LogP) is 11.0. The van der Waals surface area contributed by atoms with Crippen LogP contribution in [0.3, 0.4) is 0 Å². The zero-order valence-electron chi connectivity index (χ0n) is 33.6. The molecule has 0 fully saturated rings. The minimum Gasteiger partial charge on any atom is -0.543 e. The molecule has 0 bridgehead atoms. The van der Waals surface area contributed by atoms with Gasteiger partial charge in [0.2, 0.25) is 8.32 Å². The molecule has 6 aromatic carbocycles. The van der Waals surface area contributed by atoms with Crippen molar-refractivity contribution in [3.8, 4) is 28.7 Å². The SMILES string of the molecule is CC(C)(C)[Si](C)(C)Oc1cc(OCc2ccccc2)cc(OCc2ccccc2)c1C[C@@H](O)[C@H](O)c1ccc(OCc2ccccc2)c(OCc2ccccc2)c1. The van der Waals surface area contributed by atoms with Gasteiger partial charge in [-0.3, -0.25) is 0 Å². The summed E-state index contributed by atoms with van der Waals surface area (Å²) in [6, 6.07) is 48.7. The molecule has 57 heavy (non-hydrogen) atoms. The third-order valence-electron chi connectivity index (χ3n) is 10.4. The van der Waals surface area contributed by atoms with Crippen LogP contribution in [0.1, 0.15) is 60.3 Å². The molecular formula is C49H54O7Si. The number of benzene rings is 6. The molecule has 7 nitrogen and oxygen atoms in total. The maximum Gasteiger partial charge on any atom is 0.250 e. The molecule has 0 heterocycles. The first kappa shape index (κ1) is 41.1. The van der Waals surface area contributed by atoms with Gasteiger partial charge in [-0.25, -0.2) is 0 Å². The summed E-state index contributed by atoms with van der Waals surface area (Å²) in [5, 5.41) is 23.6. The van der Waals surface area contributed by atoms with E-state index in [-0.39, 0.29) is 11.5 Å². The maximum absolute atomic E-state index is 11.9. The van der Waals surface area contributed by atoms with Crippen LogP contribution in [-0.2, 0) is 32.8 Å². The molecule has 0 radical (unpaired) electrons. The van der Waals surface area contributed by atoms with Crippen molar-refractivity contribution in [2.45, 2.75) is 84.0 Å². The topological polar surface area (TPSA) is 86.6 Å². The Hall–Kier alpha value is -5.54. The highest BCUT2D eigenvalue weighted by molar-refractivity contribution is 6.74. The first-order valence-corrected chi connectivity index (χ1v) is 22.4. The fraction of sp³-hybridized carbons (Fsp3) is 0.265. The van der Waals surface area contributed by atoms with Gasteiger partial charge in [0.25, 0.3) is 0 Å². The van der Waals surface area contributed by atoms with Crippen molar-refractivity contribution in [1.29, 1.82) is 0 Å². The van der Waals surface area contributed by atoms with Gasteiger partial charge in [-0.1, -0.05) is 148 Å². The fourth-order valence-corrected chi connectivity index (χ4v) is 7.00. The maximum atomic E-state index is 11.9. The van der Waals surface area contributed by atoms with Crippen LogP contribution < -0.4 is 23.4 Å². The van der Waals surface area contributed by atoms with Crippen LogP contribution in [0, 0.1) is 0 Å². The zero-order chi connectivity index (χ0) is 40.3. The molecule has 2 N–H and O–H groups in total. The van der Waals surface area contributed by atoms with Crippen molar-refractivity contribution in [2.24, 2.45) is 0 Å². The summed E-state index contributed by atoms with van der Waals surface area (Å²) in [6.45, 7) is 12.2. The Bertz CT molecular complexity index is 2140. The molecule has 6 aromatic rings. The number of rotatable bonds is 18. The quantitative estimate of drug-likeness (QED) is 0.0840. The van der Waals surface area contributed by atoms with Crippen LogP contribution in [0.25, 0.3) is 0 Å². The second-order valence-corrected chi connectivity index (χ2v) is 20.5. The van der Waals surface area contributed by atoms with Crippen molar-refractivity contribution in [3.05, 3.63) is 185 Å². The molecule has 6 rings (SSSR count). The lowest BCUT2D eigenvalue weighted by Gasteiger charge is -2.37. The minimum atomic E-state index is -2.41. The Morgan fingerprint density at radius 3 is 1.39 bits per heavy atom. The minimum absolute atomic E-state index is 0.0423. The van der Waals surface area contributed by atoms with E-state index in [0.717, 1.165) is 22.3 Å². The van der Waals surface area contributed by atoms with Gasteiger partial charge >= 0.3 is 0 Å². The third-order valence-corrected chi connectivity index (χ3v) is 14.7. The zero-order valence-corrected chi connectivity index (χ0v) is 34.6. The second-order valence-electron chi connectivity index (χ2n) is 15.8. The molecule has 0 saturated heterocycles. The first-order valence-electron chi connectivity index (χ1n) is 19.5. The number of aliphatic hydroxyl groups is 2. The van der Waals surface area contributed by atoms with E-state index in [9.17, 15) is 10.2 Å². The Morgan fingerprint density at radius 2 is 0.912 bits per heavy atom. The molecule has 0 saturated carbocycles. The van der Waals surface area contributed by atoms with E-state index in [1.165, 1.54) is 0 Å². The molecule has 0 spiro atoms. The molecule has 8 heteroatoms. The third kappa shape index (κ3) is 11.5. The van der Waals surface area contributed by atoms with Crippen molar-refractivity contribution in [3.63, 3.8) is 0 Å². The van der Waals surface area contributed by atoms with Gasteiger partial charge < -0.3 is 33.6 Å². The van der Waals surface area contributed by atoms with Gasteiger partial charge in [0, 0.05) is 24.1 Å². The van der Waals surface area contributed by atoms with Crippen LogP contribution in [0.4, 0.5) is 0 Å². The summed E-state index contributed by atoms with van der Waals surface area (Å²) >= 11 is 0.